The normalized spacial score (nSPS) is 11.8. The Morgan fingerprint density at radius 3 is 2.07 bits per heavy atom. The molecule has 8 heteroatoms. The second-order valence-electron chi connectivity index (χ2n) is 6.14. The first kappa shape index (κ1) is 22.5. The first-order valence-electron chi connectivity index (χ1n) is 8.66. The molecule has 28 heavy (non-hydrogen) atoms. The Hall–Kier alpha value is -1.82. The van der Waals surface area contributed by atoms with Crippen LogP contribution in [-0.4, -0.2) is 29.8 Å². The van der Waals surface area contributed by atoms with Gasteiger partial charge in [0, 0.05) is 39.8 Å². The third-order valence-corrected chi connectivity index (χ3v) is 5.47. The first-order valence-corrected chi connectivity index (χ1v) is 9.80. The van der Waals surface area contributed by atoms with E-state index in [1.807, 2.05) is 0 Å². The van der Waals surface area contributed by atoms with Gasteiger partial charge in [0.05, 0.1) is 6.42 Å². The van der Waals surface area contributed by atoms with Crippen molar-refractivity contribution in [1.82, 2.24) is 10.2 Å². The van der Waals surface area contributed by atoms with E-state index >= 15 is 0 Å². The van der Waals surface area contributed by atoms with Crippen molar-refractivity contribution in [3.05, 3.63) is 68.4 Å². The first-order chi connectivity index (χ1) is 13.3. The Morgan fingerprint density at radius 1 is 1.04 bits per heavy atom. The van der Waals surface area contributed by atoms with Crippen molar-refractivity contribution in [1.29, 1.82) is 0 Å². The van der Waals surface area contributed by atoms with E-state index in [9.17, 15) is 14.0 Å². The summed E-state index contributed by atoms with van der Waals surface area (Å²) in [6, 6.07) is 8.44. The van der Waals surface area contributed by atoms with Crippen LogP contribution in [-0.2, 0) is 22.6 Å². The Labute approximate surface area is 178 Å². The van der Waals surface area contributed by atoms with Gasteiger partial charge in [0.25, 0.3) is 0 Å². The third-order valence-electron chi connectivity index (χ3n) is 4.41. The highest BCUT2D eigenvalue weighted by molar-refractivity contribution is 6.36. The van der Waals surface area contributed by atoms with E-state index in [2.05, 4.69) is 5.32 Å². The summed E-state index contributed by atoms with van der Waals surface area (Å²) in [6.45, 7) is 1.79. The van der Waals surface area contributed by atoms with Crippen LogP contribution in [0.2, 0.25) is 15.1 Å². The van der Waals surface area contributed by atoms with Gasteiger partial charge in [-0.1, -0.05) is 53.9 Å². The fourth-order valence-electron chi connectivity index (χ4n) is 2.89. The molecular formula is C20H20Cl3FN2O2. The quantitative estimate of drug-likeness (QED) is 0.660. The second-order valence-corrected chi connectivity index (χ2v) is 7.36. The van der Waals surface area contributed by atoms with Crippen molar-refractivity contribution in [2.24, 2.45) is 0 Å². The SMILES string of the molecule is CC[C@@H](C(=O)NC)N(Cc1c(Cl)cccc1Cl)C(=O)Cc1c(F)cccc1Cl. The van der Waals surface area contributed by atoms with E-state index in [1.165, 1.54) is 30.1 Å². The molecule has 0 saturated carbocycles. The fraction of sp³-hybridized carbons (Fsp3) is 0.300. The average Bonchev–Trinajstić information content (AvgIpc) is 2.66. The van der Waals surface area contributed by atoms with E-state index in [0.717, 1.165) is 0 Å². The predicted molar refractivity (Wildman–Crippen MR) is 110 cm³/mol. The molecule has 0 unspecified atom stereocenters. The maximum Gasteiger partial charge on any atom is 0.242 e. The smallest absolute Gasteiger partial charge is 0.242 e. The van der Waals surface area contributed by atoms with Crippen molar-refractivity contribution in [3.8, 4) is 0 Å². The summed E-state index contributed by atoms with van der Waals surface area (Å²) in [6.07, 6.45) is 0.0690. The van der Waals surface area contributed by atoms with Crippen LogP contribution in [0, 0.1) is 5.82 Å². The highest BCUT2D eigenvalue weighted by atomic mass is 35.5. The molecule has 1 N–H and O–H groups in total. The van der Waals surface area contributed by atoms with Gasteiger partial charge in [-0.25, -0.2) is 4.39 Å². The number of nitrogens with zero attached hydrogens (tertiary/aromatic N) is 1. The fourth-order valence-corrected chi connectivity index (χ4v) is 3.64. The van der Waals surface area contributed by atoms with Gasteiger partial charge >= 0.3 is 0 Å². The maximum atomic E-state index is 14.2. The molecule has 2 rings (SSSR count). The molecule has 4 nitrogen and oxygen atoms in total. The zero-order valence-corrected chi connectivity index (χ0v) is 17.7. The van der Waals surface area contributed by atoms with Crippen LogP contribution >= 0.6 is 34.8 Å². The summed E-state index contributed by atoms with van der Waals surface area (Å²) >= 11 is 18.6. The van der Waals surface area contributed by atoms with Crippen molar-refractivity contribution in [2.45, 2.75) is 32.4 Å². The molecule has 0 fully saturated rings. The molecule has 0 aliphatic rings. The van der Waals surface area contributed by atoms with Crippen LogP contribution in [0.5, 0.6) is 0 Å². The number of halogens is 4. The Morgan fingerprint density at radius 2 is 1.57 bits per heavy atom. The third kappa shape index (κ3) is 5.16. The second kappa shape index (κ2) is 10.1. The maximum absolute atomic E-state index is 14.2. The minimum absolute atomic E-state index is 0.00926. The molecule has 0 aromatic heterocycles. The molecule has 0 saturated heterocycles. The standard InChI is InChI=1S/C20H20Cl3FN2O2/c1-3-18(20(28)25-2)26(11-13-15(22)6-4-7-16(13)23)19(27)10-12-14(21)8-5-9-17(12)24/h4-9,18H,3,10-11H2,1-2H3,(H,25,28)/t18-/m0/s1. The number of benzene rings is 2. The van der Waals surface area contributed by atoms with Crippen molar-refractivity contribution in [2.75, 3.05) is 7.05 Å². The van der Waals surface area contributed by atoms with Crippen molar-refractivity contribution in [3.63, 3.8) is 0 Å². The monoisotopic (exact) mass is 444 g/mol. The molecule has 0 aliphatic carbocycles. The minimum Gasteiger partial charge on any atom is -0.357 e. The van der Waals surface area contributed by atoms with Crippen molar-refractivity contribution < 1.29 is 14.0 Å². The number of carbonyl (C=O) groups excluding carboxylic acids is 2. The van der Waals surface area contributed by atoms with E-state index in [0.29, 0.717) is 22.0 Å². The molecule has 2 amide bonds. The van der Waals surface area contributed by atoms with Gasteiger partial charge in [0.2, 0.25) is 11.8 Å². The number of hydrogen-bond donors (Lipinski definition) is 1. The number of likely N-dealkylation sites (N-methyl/N-ethyl adjacent to an activating group) is 1. The average molecular weight is 446 g/mol. The molecule has 150 valence electrons. The lowest BCUT2D eigenvalue weighted by molar-refractivity contribution is -0.140. The van der Waals surface area contributed by atoms with Gasteiger partial charge in [-0.3, -0.25) is 9.59 Å². The van der Waals surface area contributed by atoms with Gasteiger partial charge in [-0.2, -0.15) is 0 Å². The number of carbonyl (C=O) groups is 2. The summed E-state index contributed by atoms with van der Waals surface area (Å²) in [5.74, 6) is -1.37. The highest BCUT2D eigenvalue weighted by Crippen LogP contribution is 2.28. The zero-order chi connectivity index (χ0) is 20.8. The van der Waals surface area contributed by atoms with Crippen LogP contribution in [0.15, 0.2) is 36.4 Å². The van der Waals surface area contributed by atoms with Crippen LogP contribution < -0.4 is 5.32 Å². The Kier molecular flexibility index (Phi) is 8.10. The summed E-state index contributed by atoms with van der Waals surface area (Å²) in [7, 11) is 1.49. The molecule has 0 bridgehead atoms. The molecule has 0 heterocycles. The topological polar surface area (TPSA) is 49.4 Å². The predicted octanol–water partition coefficient (Wildman–Crippen LogP) is 4.88. The molecule has 0 aliphatic heterocycles. The van der Waals surface area contributed by atoms with E-state index in [4.69, 9.17) is 34.8 Å². The van der Waals surface area contributed by atoms with Crippen LogP contribution in [0.25, 0.3) is 0 Å². The lowest BCUT2D eigenvalue weighted by atomic mass is 10.1. The van der Waals surface area contributed by atoms with Crippen LogP contribution in [0.4, 0.5) is 4.39 Å². The molecule has 2 aromatic rings. The summed E-state index contributed by atoms with van der Waals surface area (Å²) in [5.41, 5.74) is 0.595. The number of rotatable bonds is 7. The molecule has 0 radical (unpaired) electrons. The Balaban J connectivity index is 2.42. The van der Waals surface area contributed by atoms with E-state index in [1.54, 1.807) is 25.1 Å². The number of hydrogen-bond acceptors (Lipinski definition) is 2. The summed E-state index contributed by atoms with van der Waals surface area (Å²) < 4.78 is 14.2. The number of nitrogens with one attached hydrogen (secondary N) is 1. The largest absolute Gasteiger partial charge is 0.357 e. The van der Waals surface area contributed by atoms with Gasteiger partial charge in [0.1, 0.15) is 11.9 Å². The lowest BCUT2D eigenvalue weighted by Crippen LogP contribution is -2.48. The van der Waals surface area contributed by atoms with Gasteiger partial charge in [-0.15, -0.1) is 0 Å². The molecule has 0 spiro atoms. The van der Waals surface area contributed by atoms with Gasteiger partial charge in [0.15, 0.2) is 0 Å². The van der Waals surface area contributed by atoms with E-state index < -0.39 is 17.8 Å². The Bertz CT molecular complexity index is 836. The zero-order valence-electron chi connectivity index (χ0n) is 15.4. The van der Waals surface area contributed by atoms with Crippen molar-refractivity contribution >= 4 is 46.6 Å². The minimum atomic E-state index is -0.768. The molecule has 1 atom stereocenters. The van der Waals surface area contributed by atoms with Crippen LogP contribution in [0.1, 0.15) is 24.5 Å². The van der Waals surface area contributed by atoms with E-state index in [-0.39, 0.29) is 29.5 Å². The van der Waals surface area contributed by atoms with Gasteiger partial charge < -0.3 is 10.2 Å². The van der Waals surface area contributed by atoms with Gasteiger partial charge in [-0.05, 0) is 30.7 Å². The molecular weight excluding hydrogens is 426 g/mol. The number of amides is 2. The highest BCUT2D eigenvalue weighted by Gasteiger charge is 2.30. The summed E-state index contributed by atoms with van der Waals surface area (Å²) in [4.78, 5) is 26.8. The lowest BCUT2D eigenvalue weighted by Gasteiger charge is -2.31. The summed E-state index contributed by atoms with van der Waals surface area (Å²) in [5, 5.41) is 3.46. The van der Waals surface area contributed by atoms with Crippen LogP contribution in [0.3, 0.4) is 0 Å². The molecule has 2 aromatic carbocycles.